The summed E-state index contributed by atoms with van der Waals surface area (Å²) in [5, 5.41) is 0. The minimum absolute atomic E-state index is 0.237. The number of aromatic nitrogens is 1. The molecule has 176 valence electrons. The Labute approximate surface area is 213 Å². The predicted molar refractivity (Wildman–Crippen MR) is 139 cm³/mol. The van der Waals surface area contributed by atoms with Crippen molar-refractivity contribution in [2.24, 2.45) is 4.99 Å². The van der Waals surface area contributed by atoms with Gasteiger partial charge in [-0.15, -0.1) is 0 Å². The summed E-state index contributed by atoms with van der Waals surface area (Å²) in [6, 6.07) is 20.4. The maximum atomic E-state index is 13.6. The summed E-state index contributed by atoms with van der Waals surface area (Å²) in [6.45, 7) is 3.77. The van der Waals surface area contributed by atoms with Crippen LogP contribution in [0.15, 0.2) is 96.7 Å². The maximum Gasteiger partial charge on any atom is 0.338 e. The Hall–Kier alpha value is -3.49. The molecular weight excluding hydrogens is 528 g/mol. The van der Waals surface area contributed by atoms with Crippen molar-refractivity contribution in [2.45, 2.75) is 19.9 Å². The van der Waals surface area contributed by atoms with E-state index in [1.807, 2.05) is 66.7 Å². The van der Waals surface area contributed by atoms with E-state index in [4.69, 9.17) is 9.15 Å². The average molecular weight is 549 g/mol. The van der Waals surface area contributed by atoms with Gasteiger partial charge in [0, 0.05) is 16.1 Å². The Bertz CT molecular complexity index is 1610. The third-order valence-corrected chi connectivity index (χ3v) is 7.17. The van der Waals surface area contributed by atoms with E-state index in [1.54, 1.807) is 24.5 Å². The Morgan fingerprint density at radius 3 is 2.60 bits per heavy atom. The first kappa shape index (κ1) is 23.3. The van der Waals surface area contributed by atoms with Crippen molar-refractivity contribution in [3.8, 4) is 11.3 Å². The molecule has 0 bridgehead atoms. The minimum atomic E-state index is -0.622. The second-order valence-electron chi connectivity index (χ2n) is 7.92. The number of fused-ring (bicyclic) bond motifs is 1. The molecular formula is C27H21BrN2O4S. The third kappa shape index (κ3) is 4.47. The van der Waals surface area contributed by atoms with Crippen LogP contribution in [-0.4, -0.2) is 17.1 Å². The van der Waals surface area contributed by atoms with E-state index in [-0.39, 0.29) is 12.2 Å². The van der Waals surface area contributed by atoms with Gasteiger partial charge in [0.25, 0.3) is 5.56 Å². The highest BCUT2D eigenvalue weighted by molar-refractivity contribution is 9.10. The fourth-order valence-corrected chi connectivity index (χ4v) is 5.36. The first-order valence-corrected chi connectivity index (χ1v) is 12.7. The van der Waals surface area contributed by atoms with Gasteiger partial charge in [0.2, 0.25) is 0 Å². The number of furan rings is 1. The van der Waals surface area contributed by atoms with Crippen LogP contribution in [0.1, 0.15) is 31.2 Å². The number of benzene rings is 2. The minimum Gasteiger partial charge on any atom is -0.463 e. The molecule has 5 rings (SSSR count). The van der Waals surface area contributed by atoms with E-state index in [2.05, 4.69) is 20.9 Å². The molecule has 0 saturated heterocycles. The van der Waals surface area contributed by atoms with E-state index in [0.717, 1.165) is 15.6 Å². The molecule has 0 saturated carbocycles. The van der Waals surface area contributed by atoms with E-state index in [1.165, 1.54) is 11.3 Å². The molecule has 1 atom stereocenters. The molecule has 0 spiro atoms. The molecule has 4 aromatic rings. The standard InChI is InChI=1S/C27H21BrN2O4S/c1-3-33-26(32)23-16(2)29-27-30(24(23)18-7-5-4-6-8-18)25(31)22(35-27)15-20-13-14-21(34-20)17-9-11-19(28)12-10-17/h4-15,24H,3H2,1-2H3/b22-15+. The average Bonchev–Trinajstić information content (AvgIpc) is 3.44. The summed E-state index contributed by atoms with van der Waals surface area (Å²) in [6.07, 6.45) is 1.72. The van der Waals surface area contributed by atoms with Crippen LogP contribution in [0.4, 0.5) is 0 Å². The number of thiazole rings is 1. The van der Waals surface area contributed by atoms with Gasteiger partial charge in [-0.3, -0.25) is 9.36 Å². The quantitative estimate of drug-likeness (QED) is 0.335. The second kappa shape index (κ2) is 9.64. The number of hydrogen-bond acceptors (Lipinski definition) is 6. The van der Waals surface area contributed by atoms with Gasteiger partial charge >= 0.3 is 5.97 Å². The molecule has 0 N–H and O–H groups in total. The molecule has 3 heterocycles. The highest BCUT2D eigenvalue weighted by atomic mass is 79.9. The Balaban J connectivity index is 1.62. The van der Waals surface area contributed by atoms with Crippen molar-refractivity contribution >= 4 is 39.3 Å². The molecule has 1 aliphatic rings. The SMILES string of the molecule is CCOC(=O)C1=C(C)N=c2s/c(=C/c3ccc(-c4ccc(Br)cc4)o3)c(=O)n2C1c1ccccc1. The lowest BCUT2D eigenvalue weighted by atomic mass is 9.96. The van der Waals surface area contributed by atoms with Gasteiger partial charge in [-0.2, -0.15) is 0 Å². The van der Waals surface area contributed by atoms with Crippen LogP contribution in [0.3, 0.4) is 0 Å². The summed E-state index contributed by atoms with van der Waals surface area (Å²) in [7, 11) is 0. The molecule has 8 heteroatoms. The van der Waals surface area contributed by atoms with Gasteiger partial charge in [0.05, 0.1) is 28.5 Å². The van der Waals surface area contributed by atoms with E-state index in [0.29, 0.717) is 32.1 Å². The number of carbonyl (C=O) groups excluding carboxylic acids is 1. The predicted octanol–water partition coefficient (Wildman–Crippen LogP) is 4.82. The largest absolute Gasteiger partial charge is 0.463 e. The van der Waals surface area contributed by atoms with Crippen molar-refractivity contribution in [1.29, 1.82) is 0 Å². The summed E-state index contributed by atoms with van der Waals surface area (Å²) in [4.78, 5) is 31.6. The number of rotatable bonds is 5. The topological polar surface area (TPSA) is 73.8 Å². The molecule has 0 aliphatic carbocycles. The molecule has 1 unspecified atom stereocenters. The Morgan fingerprint density at radius 2 is 1.89 bits per heavy atom. The van der Waals surface area contributed by atoms with Gasteiger partial charge in [-0.1, -0.05) is 69.7 Å². The second-order valence-corrected chi connectivity index (χ2v) is 9.85. The molecule has 6 nitrogen and oxygen atoms in total. The molecule has 0 fully saturated rings. The summed E-state index contributed by atoms with van der Waals surface area (Å²) >= 11 is 4.71. The van der Waals surface area contributed by atoms with Crippen LogP contribution >= 0.6 is 27.3 Å². The fourth-order valence-electron chi connectivity index (χ4n) is 4.07. The summed E-state index contributed by atoms with van der Waals surface area (Å²) in [5.41, 5.74) is 2.42. The lowest BCUT2D eigenvalue weighted by molar-refractivity contribution is -0.139. The van der Waals surface area contributed by atoms with Gasteiger partial charge < -0.3 is 9.15 Å². The van der Waals surface area contributed by atoms with Gasteiger partial charge in [0.1, 0.15) is 11.5 Å². The van der Waals surface area contributed by atoms with Crippen LogP contribution in [0.5, 0.6) is 0 Å². The van der Waals surface area contributed by atoms with Crippen LogP contribution in [0.2, 0.25) is 0 Å². The molecule has 0 radical (unpaired) electrons. The lowest BCUT2D eigenvalue weighted by Crippen LogP contribution is -2.39. The maximum absolute atomic E-state index is 13.6. The highest BCUT2D eigenvalue weighted by Gasteiger charge is 2.33. The van der Waals surface area contributed by atoms with E-state index in [9.17, 15) is 9.59 Å². The Kier molecular flexibility index (Phi) is 6.40. The lowest BCUT2D eigenvalue weighted by Gasteiger charge is -2.24. The number of hydrogen-bond donors (Lipinski definition) is 0. The molecule has 35 heavy (non-hydrogen) atoms. The van der Waals surface area contributed by atoms with Crippen LogP contribution in [-0.2, 0) is 9.53 Å². The van der Waals surface area contributed by atoms with Crippen LogP contribution in [0, 0.1) is 0 Å². The smallest absolute Gasteiger partial charge is 0.338 e. The van der Waals surface area contributed by atoms with E-state index < -0.39 is 12.0 Å². The van der Waals surface area contributed by atoms with Gasteiger partial charge in [-0.25, -0.2) is 9.79 Å². The molecule has 1 aliphatic heterocycles. The Morgan fingerprint density at radius 1 is 1.14 bits per heavy atom. The van der Waals surface area contributed by atoms with Crippen molar-refractivity contribution in [1.82, 2.24) is 4.57 Å². The highest BCUT2D eigenvalue weighted by Crippen LogP contribution is 2.30. The van der Waals surface area contributed by atoms with Crippen LogP contribution in [0.25, 0.3) is 17.4 Å². The van der Waals surface area contributed by atoms with Gasteiger partial charge in [-0.05, 0) is 43.7 Å². The van der Waals surface area contributed by atoms with Crippen molar-refractivity contribution < 1.29 is 13.9 Å². The van der Waals surface area contributed by atoms with Crippen molar-refractivity contribution in [3.05, 3.63) is 113 Å². The number of halogens is 1. The molecule has 2 aromatic heterocycles. The van der Waals surface area contributed by atoms with Crippen molar-refractivity contribution in [3.63, 3.8) is 0 Å². The fraction of sp³-hybridized carbons (Fsp3) is 0.148. The summed E-state index contributed by atoms with van der Waals surface area (Å²) < 4.78 is 14.3. The van der Waals surface area contributed by atoms with Gasteiger partial charge in [0.15, 0.2) is 4.80 Å². The zero-order valence-corrected chi connectivity index (χ0v) is 21.4. The number of nitrogens with zero attached hydrogens (tertiary/aromatic N) is 2. The zero-order valence-electron chi connectivity index (χ0n) is 19.0. The first-order valence-electron chi connectivity index (χ1n) is 11.1. The van der Waals surface area contributed by atoms with Crippen molar-refractivity contribution in [2.75, 3.05) is 6.61 Å². The normalized spacial score (nSPS) is 15.6. The third-order valence-electron chi connectivity index (χ3n) is 5.66. The number of carbonyl (C=O) groups is 1. The molecule has 2 aromatic carbocycles. The number of esters is 1. The first-order chi connectivity index (χ1) is 17.0. The van der Waals surface area contributed by atoms with E-state index >= 15 is 0 Å². The summed E-state index contributed by atoms with van der Waals surface area (Å²) in [5.74, 6) is 0.798. The number of allylic oxidation sites excluding steroid dienone is 1. The molecule has 0 amide bonds. The monoisotopic (exact) mass is 548 g/mol. The zero-order chi connectivity index (χ0) is 24.5. The van der Waals surface area contributed by atoms with Crippen LogP contribution < -0.4 is 14.9 Å². The number of ether oxygens (including phenoxy) is 1.